The van der Waals surface area contributed by atoms with Crippen LogP contribution in [0.4, 0.5) is 4.79 Å². The summed E-state index contributed by atoms with van der Waals surface area (Å²) in [5, 5.41) is 5.52. The molecule has 118 valence electrons. The number of hydrogen-bond donors (Lipinski definition) is 0. The van der Waals surface area contributed by atoms with Gasteiger partial charge in [0.05, 0.1) is 23.9 Å². The van der Waals surface area contributed by atoms with E-state index in [1.807, 2.05) is 0 Å². The fourth-order valence-corrected chi connectivity index (χ4v) is 2.38. The molecule has 0 unspecified atom stereocenters. The van der Waals surface area contributed by atoms with Gasteiger partial charge in [-0.05, 0) is 32.9 Å². The van der Waals surface area contributed by atoms with Crippen LogP contribution >= 0.6 is 15.9 Å². The van der Waals surface area contributed by atoms with Crippen LogP contribution in [0, 0.1) is 0 Å². The summed E-state index contributed by atoms with van der Waals surface area (Å²) in [4.78, 5) is 24.0. The van der Waals surface area contributed by atoms with Crippen LogP contribution in [0.3, 0.4) is 0 Å². The highest BCUT2D eigenvalue weighted by atomic mass is 79.9. The van der Waals surface area contributed by atoms with Crippen LogP contribution in [-0.2, 0) is 14.8 Å². The Kier molecular flexibility index (Phi) is 4.55. The van der Waals surface area contributed by atoms with Crippen LogP contribution in [0.5, 0.6) is 0 Å². The number of carbonyl (C=O) groups is 2. The van der Waals surface area contributed by atoms with E-state index < -0.39 is 17.7 Å². The second-order valence-corrected chi connectivity index (χ2v) is 6.26. The first-order valence-electron chi connectivity index (χ1n) is 6.66. The van der Waals surface area contributed by atoms with Crippen LogP contribution in [0.1, 0.15) is 36.8 Å². The molecule has 6 nitrogen and oxygen atoms in total. The lowest BCUT2D eigenvalue weighted by Crippen LogP contribution is -2.27. The first kappa shape index (κ1) is 16.5. The fraction of sp³-hybridized carbons (Fsp3) is 0.400. The molecule has 1 aromatic heterocycles. The number of ether oxygens (including phenoxy) is 2. The number of carbonyl (C=O) groups excluding carboxylic acids is 2. The van der Waals surface area contributed by atoms with Gasteiger partial charge in [0.25, 0.3) is 0 Å². The smallest absolute Gasteiger partial charge is 0.435 e. The number of aromatic nitrogens is 2. The van der Waals surface area contributed by atoms with E-state index in [0.29, 0.717) is 22.1 Å². The molecule has 2 aromatic rings. The third kappa shape index (κ3) is 3.30. The first-order chi connectivity index (χ1) is 10.3. The molecule has 0 aliphatic carbocycles. The number of hydrogen-bond acceptors (Lipinski definition) is 5. The first-order valence-corrected chi connectivity index (χ1v) is 7.78. The third-order valence-electron chi connectivity index (χ3n) is 2.87. The number of methoxy groups -OCH3 is 1. The highest BCUT2D eigenvalue weighted by Gasteiger charge is 2.22. The summed E-state index contributed by atoms with van der Waals surface area (Å²) in [5.41, 5.74) is 0.911. The summed E-state index contributed by atoms with van der Waals surface area (Å²) in [7, 11) is 1.31. The van der Waals surface area contributed by atoms with Gasteiger partial charge < -0.3 is 9.47 Å². The summed E-state index contributed by atoms with van der Waals surface area (Å²) < 4.78 is 11.2. The standard InChI is InChI=1S/C15H17BrN2O4/c1-15(2,3)22-14(20)18-12-7-9(13(19)21-4)5-6-10(12)11(8-16)17-18/h5-7H,8H2,1-4H3. The summed E-state index contributed by atoms with van der Waals surface area (Å²) >= 11 is 3.34. The molecule has 0 radical (unpaired) electrons. The van der Waals surface area contributed by atoms with Crippen molar-refractivity contribution < 1.29 is 19.1 Å². The van der Waals surface area contributed by atoms with Gasteiger partial charge in [0, 0.05) is 10.7 Å². The Morgan fingerprint density at radius 2 is 2.00 bits per heavy atom. The average molecular weight is 369 g/mol. The van der Waals surface area contributed by atoms with Crippen molar-refractivity contribution in [2.75, 3.05) is 7.11 Å². The number of nitrogens with zero attached hydrogens (tertiary/aromatic N) is 2. The molecule has 2 rings (SSSR count). The van der Waals surface area contributed by atoms with E-state index >= 15 is 0 Å². The van der Waals surface area contributed by atoms with Crippen molar-refractivity contribution in [2.45, 2.75) is 31.7 Å². The molecule has 0 aliphatic rings. The van der Waals surface area contributed by atoms with Gasteiger partial charge in [-0.25, -0.2) is 9.59 Å². The molecule has 0 N–H and O–H groups in total. The molecule has 22 heavy (non-hydrogen) atoms. The minimum atomic E-state index is -0.635. The number of halogens is 1. The Labute approximate surface area is 136 Å². The zero-order valence-electron chi connectivity index (χ0n) is 12.8. The highest BCUT2D eigenvalue weighted by Crippen LogP contribution is 2.23. The van der Waals surface area contributed by atoms with Crippen molar-refractivity contribution in [1.82, 2.24) is 9.78 Å². The second kappa shape index (κ2) is 6.08. The lowest BCUT2D eigenvalue weighted by Gasteiger charge is -2.19. The van der Waals surface area contributed by atoms with Crippen molar-refractivity contribution >= 4 is 38.9 Å². The molecule has 0 bridgehead atoms. The van der Waals surface area contributed by atoms with Crippen LogP contribution in [0.2, 0.25) is 0 Å². The highest BCUT2D eigenvalue weighted by molar-refractivity contribution is 9.08. The number of fused-ring (bicyclic) bond motifs is 1. The van der Waals surface area contributed by atoms with Crippen LogP contribution in [0.25, 0.3) is 10.9 Å². The van der Waals surface area contributed by atoms with E-state index in [0.717, 1.165) is 5.39 Å². The molecule has 0 spiro atoms. The normalized spacial score (nSPS) is 11.5. The van der Waals surface area contributed by atoms with Crippen molar-refractivity contribution in [3.05, 3.63) is 29.5 Å². The molecular formula is C15H17BrN2O4. The molecular weight excluding hydrogens is 352 g/mol. The zero-order chi connectivity index (χ0) is 16.5. The molecule has 7 heteroatoms. The minimum absolute atomic E-state index is 0.348. The Morgan fingerprint density at radius 1 is 1.32 bits per heavy atom. The Bertz CT molecular complexity index is 731. The Hall–Kier alpha value is -1.89. The molecule has 0 fully saturated rings. The molecule has 0 amide bonds. The monoisotopic (exact) mass is 368 g/mol. The molecule has 0 saturated heterocycles. The Balaban J connectivity index is 2.57. The van der Waals surface area contributed by atoms with Gasteiger partial charge in [-0.2, -0.15) is 9.78 Å². The maximum Gasteiger partial charge on any atom is 0.435 e. The van der Waals surface area contributed by atoms with E-state index in [2.05, 4.69) is 21.0 Å². The summed E-state index contributed by atoms with van der Waals surface area (Å²) in [5.74, 6) is -0.473. The van der Waals surface area contributed by atoms with Gasteiger partial charge >= 0.3 is 12.1 Å². The van der Waals surface area contributed by atoms with E-state index in [-0.39, 0.29) is 0 Å². The van der Waals surface area contributed by atoms with Crippen LogP contribution < -0.4 is 0 Å². The average Bonchev–Trinajstić information content (AvgIpc) is 2.82. The van der Waals surface area contributed by atoms with Crippen molar-refractivity contribution in [3.8, 4) is 0 Å². The van der Waals surface area contributed by atoms with E-state index in [1.165, 1.54) is 11.8 Å². The predicted octanol–water partition coefficient (Wildman–Crippen LogP) is 3.50. The summed E-state index contributed by atoms with van der Waals surface area (Å²) in [6, 6.07) is 4.96. The largest absolute Gasteiger partial charge is 0.465 e. The van der Waals surface area contributed by atoms with Gasteiger partial charge in [-0.3, -0.25) is 0 Å². The van der Waals surface area contributed by atoms with Crippen molar-refractivity contribution in [1.29, 1.82) is 0 Å². The van der Waals surface area contributed by atoms with E-state index in [4.69, 9.17) is 9.47 Å². The third-order valence-corrected chi connectivity index (χ3v) is 3.40. The minimum Gasteiger partial charge on any atom is -0.465 e. The predicted molar refractivity (Wildman–Crippen MR) is 85.3 cm³/mol. The number of alkyl halides is 1. The van der Waals surface area contributed by atoms with Gasteiger partial charge in [-0.1, -0.05) is 22.0 Å². The molecule has 0 atom stereocenters. The molecule has 1 heterocycles. The molecule has 1 aromatic carbocycles. The second-order valence-electron chi connectivity index (χ2n) is 5.70. The topological polar surface area (TPSA) is 70.4 Å². The lowest BCUT2D eigenvalue weighted by molar-refractivity contribution is 0.0520. The molecule has 0 aliphatic heterocycles. The van der Waals surface area contributed by atoms with Crippen molar-refractivity contribution in [2.24, 2.45) is 0 Å². The van der Waals surface area contributed by atoms with Crippen LogP contribution in [-0.4, -0.2) is 34.6 Å². The van der Waals surface area contributed by atoms with E-state index in [9.17, 15) is 9.59 Å². The maximum atomic E-state index is 12.3. The maximum absolute atomic E-state index is 12.3. The quantitative estimate of drug-likeness (QED) is 0.599. The van der Waals surface area contributed by atoms with Gasteiger partial charge in [-0.15, -0.1) is 0 Å². The number of benzene rings is 1. The number of rotatable bonds is 2. The summed E-state index contributed by atoms with van der Waals surface area (Å²) in [6.45, 7) is 5.34. The molecule has 0 saturated carbocycles. The van der Waals surface area contributed by atoms with Gasteiger partial charge in [0.15, 0.2) is 0 Å². The van der Waals surface area contributed by atoms with Crippen molar-refractivity contribution in [3.63, 3.8) is 0 Å². The van der Waals surface area contributed by atoms with E-state index in [1.54, 1.807) is 39.0 Å². The Morgan fingerprint density at radius 3 is 2.55 bits per heavy atom. The fourth-order valence-electron chi connectivity index (χ4n) is 1.97. The van der Waals surface area contributed by atoms with Gasteiger partial charge in [0.1, 0.15) is 5.60 Å². The van der Waals surface area contributed by atoms with Crippen LogP contribution in [0.15, 0.2) is 18.2 Å². The number of esters is 1. The SMILES string of the molecule is COC(=O)c1ccc2c(CBr)nn(C(=O)OC(C)(C)C)c2c1. The lowest BCUT2D eigenvalue weighted by atomic mass is 10.1. The summed E-state index contributed by atoms with van der Waals surface area (Å²) in [6.07, 6.45) is -0.591. The zero-order valence-corrected chi connectivity index (χ0v) is 14.4. The van der Waals surface area contributed by atoms with Gasteiger partial charge in [0.2, 0.25) is 0 Å².